The molecule has 0 atom stereocenters. The number of carbonyl (C=O) groups excluding carboxylic acids is 2. The molecule has 0 saturated carbocycles. The van der Waals surface area contributed by atoms with Crippen LogP contribution in [0.4, 0.5) is 13.2 Å². The third-order valence-corrected chi connectivity index (χ3v) is 1.98. The van der Waals surface area contributed by atoms with Gasteiger partial charge in [-0.1, -0.05) is 6.07 Å². The summed E-state index contributed by atoms with van der Waals surface area (Å²) in [6.45, 7) is 0. The maximum Gasteiger partial charge on any atom is 0.417 e. The molecule has 1 aliphatic rings. The van der Waals surface area contributed by atoms with Crippen LogP contribution in [0, 0.1) is 0 Å². The van der Waals surface area contributed by atoms with Gasteiger partial charge in [0.15, 0.2) is 0 Å². The Kier molecular flexibility index (Phi) is 1.82. The predicted molar refractivity (Wildman–Crippen MR) is 41.2 cm³/mol. The number of halogens is 3. The number of benzene rings is 1. The van der Waals surface area contributed by atoms with Crippen LogP contribution in [0.5, 0.6) is 0 Å². The van der Waals surface area contributed by atoms with E-state index < -0.39 is 29.2 Å². The minimum Gasteiger partial charge on any atom is -0.386 e. The van der Waals surface area contributed by atoms with Gasteiger partial charge in [0.2, 0.25) is 0 Å². The van der Waals surface area contributed by atoms with Gasteiger partial charge >= 0.3 is 18.1 Å². The number of rotatable bonds is 0. The quantitative estimate of drug-likeness (QED) is 0.492. The van der Waals surface area contributed by atoms with Crippen molar-refractivity contribution in [1.29, 1.82) is 0 Å². The topological polar surface area (TPSA) is 43.4 Å². The molecule has 3 nitrogen and oxygen atoms in total. The van der Waals surface area contributed by atoms with Crippen molar-refractivity contribution in [2.24, 2.45) is 0 Å². The maximum atomic E-state index is 12.4. The van der Waals surface area contributed by atoms with E-state index in [4.69, 9.17) is 0 Å². The van der Waals surface area contributed by atoms with Crippen LogP contribution in [0.2, 0.25) is 0 Å². The first-order chi connectivity index (χ1) is 6.91. The van der Waals surface area contributed by atoms with Crippen molar-refractivity contribution in [3.8, 4) is 0 Å². The molecule has 6 heteroatoms. The lowest BCUT2D eigenvalue weighted by Crippen LogP contribution is -2.11. The third-order valence-electron chi connectivity index (χ3n) is 1.98. The molecular weight excluding hydrogens is 213 g/mol. The molecule has 2 rings (SSSR count). The lowest BCUT2D eigenvalue weighted by molar-refractivity contribution is -0.138. The SMILES string of the molecule is O=C1OC(=O)c2c1cccc2C(F)(F)F. The first kappa shape index (κ1) is 9.70. The monoisotopic (exact) mass is 216 g/mol. The summed E-state index contributed by atoms with van der Waals surface area (Å²) >= 11 is 0. The molecule has 1 aliphatic heterocycles. The van der Waals surface area contributed by atoms with E-state index in [1.165, 1.54) is 0 Å². The third kappa shape index (κ3) is 1.38. The van der Waals surface area contributed by atoms with E-state index in [-0.39, 0.29) is 5.56 Å². The lowest BCUT2D eigenvalue weighted by Gasteiger charge is -2.08. The standard InChI is InChI=1S/C9H3F3O3/c10-9(11,12)5-3-1-2-4-6(5)8(14)15-7(4)13/h1-3H. The molecule has 0 N–H and O–H groups in total. The number of hydrogen-bond acceptors (Lipinski definition) is 3. The maximum absolute atomic E-state index is 12.4. The summed E-state index contributed by atoms with van der Waals surface area (Å²) in [4.78, 5) is 21.9. The summed E-state index contributed by atoms with van der Waals surface area (Å²) in [5, 5.41) is 0. The highest BCUT2D eigenvalue weighted by Crippen LogP contribution is 2.35. The molecule has 1 aromatic rings. The molecule has 78 valence electrons. The number of hydrogen-bond donors (Lipinski definition) is 0. The smallest absolute Gasteiger partial charge is 0.386 e. The van der Waals surface area contributed by atoms with Crippen molar-refractivity contribution in [3.05, 3.63) is 34.9 Å². The average molecular weight is 216 g/mol. The van der Waals surface area contributed by atoms with E-state index in [2.05, 4.69) is 4.74 Å². The van der Waals surface area contributed by atoms with E-state index in [9.17, 15) is 22.8 Å². The van der Waals surface area contributed by atoms with Crippen LogP contribution in [-0.2, 0) is 10.9 Å². The zero-order valence-corrected chi connectivity index (χ0v) is 7.09. The highest BCUT2D eigenvalue weighted by molar-refractivity contribution is 6.15. The fourth-order valence-electron chi connectivity index (χ4n) is 1.37. The van der Waals surface area contributed by atoms with Gasteiger partial charge in [0.05, 0.1) is 16.7 Å². The van der Waals surface area contributed by atoms with Gasteiger partial charge in [-0.15, -0.1) is 0 Å². The highest BCUT2D eigenvalue weighted by atomic mass is 19.4. The van der Waals surface area contributed by atoms with Crippen molar-refractivity contribution in [1.82, 2.24) is 0 Å². The zero-order chi connectivity index (χ0) is 11.2. The van der Waals surface area contributed by atoms with Gasteiger partial charge in [0.1, 0.15) is 0 Å². The van der Waals surface area contributed by atoms with Crippen molar-refractivity contribution in [3.63, 3.8) is 0 Å². The minimum atomic E-state index is -4.67. The highest BCUT2D eigenvalue weighted by Gasteiger charge is 2.41. The first-order valence-corrected chi connectivity index (χ1v) is 3.88. The predicted octanol–water partition coefficient (Wildman–Crippen LogP) is 2.02. The summed E-state index contributed by atoms with van der Waals surface area (Å²) in [5.74, 6) is -2.29. The number of alkyl halides is 3. The molecular formula is C9H3F3O3. The van der Waals surface area contributed by atoms with Crippen LogP contribution in [0.3, 0.4) is 0 Å². The first-order valence-electron chi connectivity index (χ1n) is 3.88. The molecule has 0 unspecified atom stereocenters. The summed E-state index contributed by atoms with van der Waals surface area (Å²) in [5.41, 5.74) is -2.18. The normalized spacial score (nSPS) is 15.1. The number of fused-ring (bicyclic) bond motifs is 1. The van der Waals surface area contributed by atoms with Gasteiger partial charge in [-0.05, 0) is 12.1 Å². The summed E-state index contributed by atoms with van der Waals surface area (Å²) in [6.07, 6.45) is -4.67. The fourth-order valence-corrected chi connectivity index (χ4v) is 1.37. The second-order valence-electron chi connectivity index (χ2n) is 2.90. The van der Waals surface area contributed by atoms with Gasteiger partial charge in [-0.25, -0.2) is 9.59 Å². The zero-order valence-electron chi connectivity index (χ0n) is 7.09. The van der Waals surface area contributed by atoms with E-state index >= 15 is 0 Å². The van der Waals surface area contributed by atoms with Crippen LogP contribution in [0.1, 0.15) is 26.3 Å². The molecule has 0 saturated heterocycles. The van der Waals surface area contributed by atoms with Gasteiger partial charge in [0.25, 0.3) is 0 Å². The number of esters is 2. The number of cyclic esters (lactones) is 2. The Balaban J connectivity index is 2.71. The molecule has 0 fully saturated rings. The van der Waals surface area contributed by atoms with Gasteiger partial charge < -0.3 is 4.74 Å². The van der Waals surface area contributed by atoms with E-state index in [1.54, 1.807) is 0 Å². The van der Waals surface area contributed by atoms with E-state index in [0.29, 0.717) is 0 Å². The molecule has 1 heterocycles. The minimum absolute atomic E-state index is 0.338. The van der Waals surface area contributed by atoms with Crippen molar-refractivity contribution < 1.29 is 27.5 Å². The van der Waals surface area contributed by atoms with Crippen molar-refractivity contribution in [2.45, 2.75) is 6.18 Å². The van der Waals surface area contributed by atoms with E-state index in [1.807, 2.05) is 0 Å². The Morgan fingerprint density at radius 2 is 1.73 bits per heavy atom. The second-order valence-corrected chi connectivity index (χ2v) is 2.90. The molecule has 0 spiro atoms. The van der Waals surface area contributed by atoms with Crippen LogP contribution in [0.15, 0.2) is 18.2 Å². The van der Waals surface area contributed by atoms with Crippen LogP contribution < -0.4 is 0 Å². The van der Waals surface area contributed by atoms with Crippen LogP contribution >= 0.6 is 0 Å². The van der Waals surface area contributed by atoms with Gasteiger partial charge in [0, 0.05) is 0 Å². The average Bonchev–Trinajstić information content (AvgIpc) is 2.41. The summed E-state index contributed by atoms with van der Waals surface area (Å²) < 4.78 is 41.4. The Hall–Kier alpha value is -1.85. The number of carbonyl (C=O) groups is 2. The van der Waals surface area contributed by atoms with Crippen molar-refractivity contribution >= 4 is 11.9 Å². The van der Waals surface area contributed by atoms with Crippen LogP contribution in [-0.4, -0.2) is 11.9 Å². The molecule has 1 aromatic carbocycles. The summed E-state index contributed by atoms with van der Waals surface area (Å²) in [6, 6.07) is 2.91. The van der Waals surface area contributed by atoms with Gasteiger partial charge in [-0.2, -0.15) is 13.2 Å². The van der Waals surface area contributed by atoms with E-state index in [0.717, 1.165) is 18.2 Å². The molecule has 0 radical (unpaired) electrons. The van der Waals surface area contributed by atoms with Crippen LogP contribution in [0.25, 0.3) is 0 Å². The molecule has 0 aromatic heterocycles. The molecule has 0 amide bonds. The lowest BCUT2D eigenvalue weighted by atomic mass is 10.0. The largest absolute Gasteiger partial charge is 0.417 e. The summed E-state index contributed by atoms with van der Waals surface area (Å²) in [7, 11) is 0. The Morgan fingerprint density at radius 3 is 2.33 bits per heavy atom. The van der Waals surface area contributed by atoms with Gasteiger partial charge in [-0.3, -0.25) is 0 Å². The Bertz CT molecular complexity index is 462. The molecule has 0 aliphatic carbocycles. The number of ether oxygens (including phenoxy) is 1. The second kappa shape index (κ2) is 2.82. The molecule has 0 bridgehead atoms. The Labute approximate surface area is 81.5 Å². The Morgan fingerprint density at radius 1 is 1.07 bits per heavy atom. The fraction of sp³-hybridized carbons (Fsp3) is 0.111. The van der Waals surface area contributed by atoms with Crippen molar-refractivity contribution in [2.75, 3.05) is 0 Å². The molecule has 15 heavy (non-hydrogen) atoms.